The van der Waals surface area contributed by atoms with Crippen molar-refractivity contribution in [2.45, 2.75) is 45.6 Å². The first kappa shape index (κ1) is 14.5. The number of carbonyl (C=O) groups is 1. The Morgan fingerprint density at radius 3 is 2.55 bits per heavy atom. The number of hydrogen-bond donors (Lipinski definition) is 1. The van der Waals surface area contributed by atoms with Gasteiger partial charge >= 0.3 is 0 Å². The highest BCUT2D eigenvalue weighted by Gasteiger charge is 2.21. The SMILES string of the molecule is Cc1ccc(C(=O)NC2CCC(C)CC2)cc1[N+](=O)[O-]. The van der Waals surface area contributed by atoms with E-state index in [1.807, 2.05) is 0 Å². The molecule has 5 heteroatoms. The maximum Gasteiger partial charge on any atom is 0.273 e. The number of amides is 1. The van der Waals surface area contributed by atoms with Crippen molar-refractivity contribution in [3.05, 3.63) is 39.4 Å². The van der Waals surface area contributed by atoms with Crippen LogP contribution >= 0.6 is 0 Å². The summed E-state index contributed by atoms with van der Waals surface area (Å²) in [6.07, 6.45) is 4.22. The fourth-order valence-corrected chi connectivity index (χ4v) is 2.62. The molecule has 1 aliphatic carbocycles. The highest BCUT2D eigenvalue weighted by Crippen LogP contribution is 2.24. The molecule has 1 aliphatic rings. The summed E-state index contributed by atoms with van der Waals surface area (Å²) in [5, 5.41) is 13.9. The zero-order valence-electron chi connectivity index (χ0n) is 11.9. The summed E-state index contributed by atoms with van der Waals surface area (Å²) in [7, 11) is 0. The van der Waals surface area contributed by atoms with Crippen LogP contribution in [0, 0.1) is 23.0 Å². The standard InChI is InChI=1S/C15H20N2O3/c1-10-3-7-13(8-4-10)16-15(18)12-6-5-11(2)14(9-12)17(19)20/h5-6,9-10,13H,3-4,7-8H2,1-2H3,(H,16,18). The molecule has 108 valence electrons. The summed E-state index contributed by atoms with van der Waals surface area (Å²) in [6.45, 7) is 3.89. The van der Waals surface area contributed by atoms with Crippen LogP contribution in [0.3, 0.4) is 0 Å². The molecule has 1 N–H and O–H groups in total. The molecule has 0 bridgehead atoms. The van der Waals surface area contributed by atoms with Gasteiger partial charge in [-0.3, -0.25) is 14.9 Å². The third kappa shape index (κ3) is 3.35. The van der Waals surface area contributed by atoms with Crippen LogP contribution in [0.2, 0.25) is 0 Å². The number of benzene rings is 1. The Morgan fingerprint density at radius 1 is 1.30 bits per heavy atom. The molecule has 5 nitrogen and oxygen atoms in total. The largest absolute Gasteiger partial charge is 0.349 e. The molecule has 0 aliphatic heterocycles. The molecule has 1 aromatic carbocycles. The Hall–Kier alpha value is -1.91. The van der Waals surface area contributed by atoms with E-state index in [-0.39, 0.29) is 17.6 Å². The van der Waals surface area contributed by atoms with Gasteiger partial charge in [0.05, 0.1) is 4.92 Å². The normalized spacial score (nSPS) is 22.3. The molecule has 1 amide bonds. The molecule has 1 saturated carbocycles. The van der Waals surface area contributed by atoms with Crippen molar-refractivity contribution in [3.63, 3.8) is 0 Å². The van der Waals surface area contributed by atoms with Crippen molar-refractivity contribution >= 4 is 11.6 Å². The van der Waals surface area contributed by atoms with E-state index in [1.54, 1.807) is 19.1 Å². The van der Waals surface area contributed by atoms with Crippen LogP contribution in [0.5, 0.6) is 0 Å². The number of carbonyl (C=O) groups excluding carboxylic acids is 1. The quantitative estimate of drug-likeness (QED) is 0.680. The van der Waals surface area contributed by atoms with Gasteiger partial charge in [0, 0.05) is 23.2 Å². The Bertz CT molecular complexity index is 520. The molecule has 0 spiro atoms. The van der Waals surface area contributed by atoms with Crippen LogP contribution in [0.15, 0.2) is 18.2 Å². The monoisotopic (exact) mass is 276 g/mol. The van der Waals surface area contributed by atoms with E-state index >= 15 is 0 Å². The first-order chi connectivity index (χ1) is 9.47. The lowest BCUT2D eigenvalue weighted by molar-refractivity contribution is -0.385. The highest BCUT2D eigenvalue weighted by molar-refractivity contribution is 5.95. The fourth-order valence-electron chi connectivity index (χ4n) is 2.62. The zero-order chi connectivity index (χ0) is 14.7. The molecule has 0 unspecified atom stereocenters. The summed E-state index contributed by atoms with van der Waals surface area (Å²) >= 11 is 0. The molecule has 0 aromatic heterocycles. The van der Waals surface area contributed by atoms with Crippen LogP contribution in [0.4, 0.5) is 5.69 Å². The first-order valence-corrected chi connectivity index (χ1v) is 7.03. The second kappa shape index (κ2) is 6.03. The second-order valence-corrected chi connectivity index (χ2v) is 5.69. The van der Waals surface area contributed by atoms with Crippen molar-refractivity contribution in [2.24, 2.45) is 5.92 Å². The highest BCUT2D eigenvalue weighted by atomic mass is 16.6. The topological polar surface area (TPSA) is 72.2 Å². The fraction of sp³-hybridized carbons (Fsp3) is 0.533. The minimum atomic E-state index is -0.450. The molecule has 0 heterocycles. The predicted octanol–water partition coefficient (Wildman–Crippen LogP) is 3.21. The average Bonchev–Trinajstić information content (AvgIpc) is 2.41. The summed E-state index contributed by atoms with van der Waals surface area (Å²) in [5.74, 6) is 0.510. The molecule has 0 radical (unpaired) electrons. The van der Waals surface area contributed by atoms with Gasteiger partial charge in [-0.2, -0.15) is 0 Å². The van der Waals surface area contributed by atoms with Crippen molar-refractivity contribution in [1.29, 1.82) is 0 Å². The molecular weight excluding hydrogens is 256 g/mol. The lowest BCUT2D eigenvalue weighted by Gasteiger charge is -2.26. The van der Waals surface area contributed by atoms with Gasteiger partial charge < -0.3 is 5.32 Å². The smallest absolute Gasteiger partial charge is 0.273 e. The number of nitrogens with zero attached hydrogens (tertiary/aromatic N) is 1. The molecule has 2 rings (SSSR count). The van der Waals surface area contributed by atoms with Crippen LogP contribution in [0.1, 0.15) is 48.5 Å². The third-order valence-electron chi connectivity index (χ3n) is 4.02. The molecule has 20 heavy (non-hydrogen) atoms. The van der Waals surface area contributed by atoms with Crippen LogP contribution < -0.4 is 5.32 Å². The van der Waals surface area contributed by atoms with Crippen LogP contribution in [-0.2, 0) is 0 Å². The Morgan fingerprint density at radius 2 is 1.95 bits per heavy atom. The molecule has 1 fully saturated rings. The van der Waals surface area contributed by atoms with E-state index in [0.717, 1.165) is 31.6 Å². The Balaban J connectivity index is 2.06. The van der Waals surface area contributed by atoms with Gasteiger partial charge in [-0.1, -0.05) is 13.0 Å². The molecule has 1 aromatic rings. The zero-order valence-corrected chi connectivity index (χ0v) is 11.9. The number of hydrogen-bond acceptors (Lipinski definition) is 3. The van der Waals surface area contributed by atoms with E-state index in [1.165, 1.54) is 6.07 Å². The van der Waals surface area contributed by atoms with E-state index in [0.29, 0.717) is 11.1 Å². The van der Waals surface area contributed by atoms with Gasteiger partial charge in [0.1, 0.15) is 0 Å². The Labute approximate surface area is 118 Å². The number of rotatable bonds is 3. The van der Waals surface area contributed by atoms with E-state index < -0.39 is 4.92 Å². The van der Waals surface area contributed by atoms with E-state index in [2.05, 4.69) is 12.2 Å². The van der Waals surface area contributed by atoms with Gasteiger partial charge in [0.15, 0.2) is 0 Å². The van der Waals surface area contributed by atoms with Crippen molar-refractivity contribution in [2.75, 3.05) is 0 Å². The third-order valence-corrected chi connectivity index (χ3v) is 4.02. The minimum absolute atomic E-state index is 0.00471. The predicted molar refractivity (Wildman–Crippen MR) is 76.7 cm³/mol. The van der Waals surface area contributed by atoms with Gasteiger partial charge in [0.2, 0.25) is 0 Å². The van der Waals surface area contributed by atoms with E-state index in [4.69, 9.17) is 0 Å². The minimum Gasteiger partial charge on any atom is -0.349 e. The second-order valence-electron chi connectivity index (χ2n) is 5.69. The summed E-state index contributed by atoms with van der Waals surface area (Å²) in [6, 6.07) is 4.81. The average molecular weight is 276 g/mol. The maximum absolute atomic E-state index is 12.1. The van der Waals surface area contributed by atoms with Gasteiger partial charge in [-0.15, -0.1) is 0 Å². The van der Waals surface area contributed by atoms with Crippen molar-refractivity contribution < 1.29 is 9.72 Å². The summed E-state index contributed by atoms with van der Waals surface area (Å²) in [5.41, 5.74) is 0.925. The number of nitro groups is 1. The first-order valence-electron chi connectivity index (χ1n) is 7.03. The van der Waals surface area contributed by atoms with E-state index in [9.17, 15) is 14.9 Å². The lowest BCUT2D eigenvalue weighted by atomic mass is 9.87. The molecule has 0 atom stereocenters. The van der Waals surface area contributed by atoms with Crippen LogP contribution in [0.25, 0.3) is 0 Å². The lowest BCUT2D eigenvalue weighted by Crippen LogP contribution is -2.37. The van der Waals surface area contributed by atoms with Crippen molar-refractivity contribution in [3.8, 4) is 0 Å². The van der Waals surface area contributed by atoms with Gasteiger partial charge in [0.25, 0.3) is 11.6 Å². The maximum atomic E-state index is 12.1. The molecular formula is C15H20N2O3. The van der Waals surface area contributed by atoms with Gasteiger partial charge in [-0.05, 0) is 44.6 Å². The Kier molecular flexibility index (Phi) is 4.37. The van der Waals surface area contributed by atoms with Crippen LogP contribution in [-0.4, -0.2) is 16.9 Å². The van der Waals surface area contributed by atoms with Gasteiger partial charge in [-0.25, -0.2) is 0 Å². The summed E-state index contributed by atoms with van der Waals surface area (Å²) < 4.78 is 0. The number of aryl methyl sites for hydroxylation is 1. The number of nitrogens with one attached hydrogen (secondary N) is 1. The molecule has 0 saturated heterocycles. The summed E-state index contributed by atoms with van der Waals surface area (Å²) in [4.78, 5) is 22.6. The van der Waals surface area contributed by atoms with Crippen molar-refractivity contribution in [1.82, 2.24) is 5.32 Å². The number of nitro benzene ring substituents is 1.